The number of anilines is 1. The summed E-state index contributed by atoms with van der Waals surface area (Å²) in [5, 5.41) is 5.79. The highest BCUT2D eigenvalue weighted by molar-refractivity contribution is 5.97. The first kappa shape index (κ1) is 18.2. The van der Waals surface area contributed by atoms with Gasteiger partial charge in [-0.3, -0.25) is 9.59 Å². The van der Waals surface area contributed by atoms with Crippen LogP contribution in [-0.2, 0) is 4.79 Å². The van der Waals surface area contributed by atoms with E-state index in [4.69, 9.17) is 0 Å². The van der Waals surface area contributed by atoms with E-state index in [1.807, 2.05) is 6.92 Å². The van der Waals surface area contributed by atoms with Crippen molar-refractivity contribution in [2.24, 2.45) is 0 Å². The van der Waals surface area contributed by atoms with Crippen LogP contribution < -0.4 is 10.6 Å². The summed E-state index contributed by atoms with van der Waals surface area (Å²) in [4.78, 5) is 23.6. The second-order valence-electron chi connectivity index (χ2n) is 5.71. The molecule has 0 aliphatic carbocycles. The second-order valence-corrected chi connectivity index (χ2v) is 5.71. The lowest BCUT2D eigenvalue weighted by atomic mass is 10.1. The quantitative estimate of drug-likeness (QED) is 0.674. The molecule has 0 spiro atoms. The maximum absolute atomic E-state index is 12.2. The van der Waals surface area contributed by atoms with Crippen LogP contribution in [0.3, 0.4) is 0 Å². The van der Waals surface area contributed by atoms with Crippen LogP contribution in [0.15, 0.2) is 24.3 Å². The molecule has 2 N–H and O–H groups in total. The van der Waals surface area contributed by atoms with Crippen LogP contribution in [0.1, 0.15) is 69.7 Å². The van der Waals surface area contributed by atoms with Gasteiger partial charge < -0.3 is 10.6 Å². The van der Waals surface area contributed by atoms with Crippen molar-refractivity contribution >= 4 is 17.5 Å². The summed E-state index contributed by atoms with van der Waals surface area (Å²) in [6, 6.07) is 7.22. The van der Waals surface area contributed by atoms with Gasteiger partial charge in [0.25, 0.3) is 5.91 Å². The van der Waals surface area contributed by atoms with Gasteiger partial charge in [-0.25, -0.2) is 0 Å². The molecular weight excluding hydrogens is 276 g/mol. The van der Waals surface area contributed by atoms with Gasteiger partial charge in [-0.15, -0.1) is 0 Å². The highest BCUT2D eigenvalue weighted by Gasteiger charge is 2.10. The van der Waals surface area contributed by atoms with Crippen molar-refractivity contribution in [3.8, 4) is 0 Å². The van der Waals surface area contributed by atoms with Crippen LogP contribution in [0, 0.1) is 0 Å². The van der Waals surface area contributed by atoms with E-state index in [1.165, 1.54) is 19.3 Å². The molecule has 4 heteroatoms. The molecule has 0 bridgehead atoms. The Morgan fingerprint density at radius 3 is 2.59 bits per heavy atom. The topological polar surface area (TPSA) is 58.2 Å². The number of benzene rings is 1. The van der Waals surface area contributed by atoms with Gasteiger partial charge in [0.1, 0.15) is 0 Å². The summed E-state index contributed by atoms with van der Waals surface area (Å²) in [5.74, 6) is -0.141. The van der Waals surface area contributed by atoms with Crippen molar-refractivity contribution in [2.75, 3.05) is 5.32 Å². The van der Waals surface area contributed by atoms with E-state index in [9.17, 15) is 9.59 Å². The van der Waals surface area contributed by atoms with E-state index >= 15 is 0 Å². The van der Waals surface area contributed by atoms with Crippen molar-refractivity contribution in [2.45, 2.75) is 65.3 Å². The summed E-state index contributed by atoms with van der Waals surface area (Å²) in [6.45, 7) is 6.02. The highest BCUT2D eigenvalue weighted by Crippen LogP contribution is 2.12. The molecule has 4 nitrogen and oxygen atoms in total. The summed E-state index contributed by atoms with van der Waals surface area (Å²) in [6.07, 6.45) is 6.25. The summed E-state index contributed by atoms with van der Waals surface area (Å²) >= 11 is 0. The lowest BCUT2D eigenvalue weighted by Gasteiger charge is -2.14. The maximum atomic E-state index is 12.2. The van der Waals surface area contributed by atoms with Crippen LogP contribution in [-0.4, -0.2) is 17.9 Å². The molecule has 1 aromatic rings. The van der Waals surface area contributed by atoms with Gasteiger partial charge in [0.15, 0.2) is 0 Å². The predicted octanol–water partition coefficient (Wildman–Crippen LogP) is 4.12. The molecule has 0 radical (unpaired) electrons. The Hall–Kier alpha value is -1.84. The zero-order valence-electron chi connectivity index (χ0n) is 13.9. The molecule has 0 aromatic heterocycles. The second kappa shape index (κ2) is 9.98. The van der Waals surface area contributed by atoms with Gasteiger partial charge >= 0.3 is 0 Å². The monoisotopic (exact) mass is 304 g/mol. The van der Waals surface area contributed by atoms with Crippen LogP contribution in [0.2, 0.25) is 0 Å². The smallest absolute Gasteiger partial charge is 0.251 e. The van der Waals surface area contributed by atoms with Crippen LogP contribution in [0.5, 0.6) is 0 Å². The minimum atomic E-state index is -0.0874. The molecule has 22 heavy (non-hydrogen) atoms. The van der Waals surface area contributed by atoms with Gasteiger partial charge in [-0.1, -0.05) is 45.6 Å². The predicted molar refractivity (Wildman–Crippen MR) is 91.0 cm³/mol. The van der Waals surface area contributed by atoms with Crippen molar-refractivity contribution in [3.63, 3.8) is 0 Å². The molecule has 1 aromatic carbocycles. The fourth-order valence-electron chi connectivity index (χ4n) is 2.24. The lowest BCUT2D eigenvalue weighted by Crippen LogP contribution is -2.32. The fraction of sp³-hybridized carbons (Fsp3) is 0.556. The van der Waals surface area contributed by atoms with Crippen molar-refractivity contribution in [3.05, 3.63) is 29.8 Å². The number of amides is 2. The maximum Gasteiger partial charge on any atom is 0.251 e. The Balaban J connectivity index is 2.50. The van der Waals surface area contributed by atoms with Crippen molar-refractivity contribution in [1.82, 2.24) is 5.32 Å². The van der Waals surface area contributed by atoms with Gasteiger partial charge in [-0.2, -0.15) is 0 Å². The van der Waals surface area contributed by atoms with Crippen LogP contribution in [0.25, 0.3) is 0 Å². The molecule has 0 aliphatic heterocycles. The first-order valence-corrected chi connectivity index (χ1v) is 8.27. The average molecular weight is 304 g/mol. The normalized spacial score (nSPS) is 11.8. The number of rotatable bonds is 9. The van der Waals surface area contributed by atoms with E-state index < -0.39 is 0 Å². The average Bonchev–Trinajstić information content (AvgIpc) is 2.51. The van der Waals surface area contributed by atoms with Gasteiger partial charge in [0.2, 0.25) is 5.91 Å². The third-order valence-corrected chi connectivity index (χ3v) is 3.60. The highest BCUT2D eigenvalue weighted by atomic mass is 16.2. The number of hydrogen-bond donors (Lipinski definition) is 2. The van der Waals surface area contributed by atoms with Gasteiger partial charge in [-0.05, 0) is 31.5 Å². The number of nitrogens with one attached hydrogen (secondary N) is 2. The fourth-order valence-corrected chi connectivity index (χ4v) is 2.24. The Morgan fingerprint density at radius 1 is 1.14 bits per heavy atom. The molecule has 2 amide bonds. The van der Waals surface area contributed by atoms with E-state index in [1.54, 1.807) is 31.2 Å². The van der Waals surface area contributed by atoms with Crippen molar-refractivity contribution < 1.29 is 9.59 Å². The number of unbranched alkanes of at least 4 members (excludes halogenated alkanes) is 3. The van der Waals surface area contributed by atoms with Gasteiger partial charge in [0.05, 0.1) is 0 Å². The molecule has 122 valence electrons. The summed E-state index contributed by atoms with van der Waals surface area (Å²) in [5.41, 5.74) is 1.24. The molecule has 1 atom stereocenters. The zero-order chi connectivity index (χ0) is 16.4. The number of hydrogen-bond acceptors (Lipinski definition) is 2. The third kappa shape index (κ3) is 6.74. The molecule has 1 rings (SSSR count). The third-order valence-electron chi connectivity index (χ3n) is 3.60. The standard InChI is InChI=1S/C18H28N2O2/c1-4-6-7-8-10-14(3)19-18(22)15-11-9-12-16(13-15)20-17(21)5-2/h9,11-14H,4-8,10H2,1-3H3,(H,19,22)(H,20,21). The van der Waals surface area contributed by atoms with Crippen LogP contribution in [0.4, 0.5) is 5.69 Å². The molecule has 0 aliphatic rings. The summed E-state index contributed by atoms with van der Waals surface area (Å²) in [7, 11) is 0. The molecule has 0 fully saturated rings. The van der Waals surface area contributed by atoms with E-state index in [0.29, 0.717) is 17.7 Å². The zero-order valence-corrected chi connectivity index (χ0v) is 13.9. The number of carbonyl (C=O) groups is 2. The van der Waals surface area contributed by atoms with Crippen molar-refractivity contribution in [1.29, 1.82) is 0 Å². The van der Waals surface area contributed by atoms with E-state index in [0.717, 1.165) is 12.8 Å². The SMILES string of the molecule is CCCCCCC(C)NC(=O)c1cccc(NC(=O)CC)c1. The Labute approximate surface area is 133 Å². The van der Waals surface area contributed by atoms with E-state index in [2.05, 4.69) is 17.6 Å². The Bertz CT molecular complexity index is 486. The Kier molecular flexibility index (Phi) is 8.26. The molecule has 0 saturated heterocycles. The molecule has 1 unspecified atom stereocenters. The van der Waals surface area contributed by atoms with Gasteiger partial charge in [0, 0.05) is 23.7 Å². The molecular formula is C18H28N2O2. The first-order valence-electron chi connectivity index (χ1n) is 8.27. The van der Waals surface area contributed by atoms with E-state index in [-0.39, 0.29) is 17.9 Å². The molecule has 0 saturated carbocycles. The minimum Gasteiger partial charge on any atom is -0.350 e. The number of carbonyl (C=O) groups excluding carboxylic acids is 2. The lowest BCUT2D eigenvalue weighted by molar-refractivity contribution is -0.115. The molecule has 0 heterocycles. The minimum absolute atomic E-state index is 0.0538. The summed E-state index contributed by atoms with van der Waals surface area (Å²) < 4.78 is 0. The first-order chi connectivity index (χ1) is 10.6. The van der Waals surface area contributed by atoms with Crippen LogP contribution >= 0.6 is 0 Å². The Morgan fingerprint density at radius 2 is 1.91 bits per heavy atom. The largest absolute Gasteiger partial charge is 0.350 e.